The van der Waals surface area contributed by atoms with Gasteiger partial charge in [0.2, 0.25) is 0 Å². The molecule has 0 heteroatoms. The van der Waals surface area contributed by atoms with Crippen LogP contribution in [0.1, 0.15) is 56.3 Å². The summed E-state index contributed by atoms with van der Waals surface area (Å²) in [6.07, 6.45) is 0. The highest BCUT2D eigenvalue weighted by atomic mass is 14.5. The third-order valence-corrected chi connectivity index (χ3v) is 10.0. The number of hydrogen-bond acceptors (Lipinski definition) is 0. The number of hydrogen-bond donors (Lipinski definition) is 0. The van der Waals surface area contributed by atoms with Crippen LogP contribution in [-0.4, -0.2) is 0 Å². The monoisotopic (exact) mass is 560 g/mol. The molecule has 0 heterocycles. The second-order valence-electron chi connectivity index (χ2n) is 12.5. The maximum Gasteiger partial charge on any atom is 0.0209 e. The predicted octanol–water partition coefficient (Wildman–Crippen LogP) is 11.1. The van der Waals surface area contributed by atoms with Crippen molar-refractivity contribution in [2.45, 2.75) is 25.7 Å². The topological polar surface area (TPSA) is 0 Å². The average Bonchev–Trinajstić information content (AvgIpc) is 3.56. The Labute approximate surface area is 259 Å². The van der Waals surface area contributed by atoms with Gasteiger partial charge >= 0.3 is 0 Å². The first-order chi connectivity index (χ1) is 21.7. The first-order valence-electron chi connectivity index (χ1n) is 15.7. The molecule has 3 aliphatic rings. The molecule has 2 atom stereocenters. The van der Waals surface area contributed by atoms with Gasteiger partial charge in [0.25, 0.3) is 0 Å². The molecule has 0 aromatic heterocycles. The standard InChI is InChI=1S/C44H32/c1-27-19-23-29(24-20-27)39-40(30-25-21-28(2)22-26-30)44(42-37-17-9-5-13-33(37)34-14-6-10-18-38(34)42)43(39)41-35-15-7-3-11-31(35)32-12-4-8-16-36(32)41/h3-26,39-40H,1-2H3/t39-,40+. The van der Waals surface area contributed by atoms with Gasteiger partial charge < -0.3 is 0 Å². The Balaban J connectivity index is 1.45. The molecule has 1 saturated carbocycles. The van der Waals surface area contributed by atoms with E-state index in [1.807, 2.05) is 0 Å². The first kappa shape index (κ1) is 25.3. The van der Waals surface area contributed by atoms with Crippen LogP contribution in [-0.2, 0) is 0 Å². The van der Waals surface area contributed by atoms with Crippen LogP contribution in [0.3, 0.4) is 0 Å². The van der Waals surface area contributed by atoms with Crippen LogP contribution in [0, 0.1) is 13.8 Å². The summed E-state index contributed by atoms with van der Waals surface area (Å²) in [7, 11) is 0. The van der Waals surface area contributed by atoms with Crippen LogP contribution >= 0.6 is 0 Å². The predicted molar refractivity (Wildman–Crippen MR) is 184 cm³/mol. The van der Waals surface area contributed by atoms with Gasteiger partial charge in [0.1, 0.15) is 0 Å². The van der Waals surface area contributed by atoms with Crippen molar-refractivity contribution in [3.05, 3.63) is 201 Å². The lowest BCUT2D eigenvalue weighted by molar-refractivity contribution is 0.591. The van der Waals surface area contributed by atoms with Gasteiger partial charge in [-0.1, -0.05) is 157 Å². The molecular weight excluding hydrogens is 528 g/mol. The summed E-state index contributed by atoms with van der Waals surface area (Å²) < 4.78 is 0. The molecule has 0 radical (unpaired) electrons. The summed E-state index contributed by atoms with van der Waals surface area (Å²) in [4.78, 5) is 0. The zero-order chi connectivity index (χ0) is 29.4. The fourth-order valence-corrected chi connectivity index (χ4v) is 8.03. The third-order valence-electron chi connectivity index (χ3n) is 10.0. The molecule has 9 rings (SSSR count). The smallest absolute Gasteiger partial charge is 0.0209 e. The molecule has 0 unspecified atom stereocenters. The second kappa shape index (κ2) is 9.66. The zero-order valence-electron chi connectivity index (χ0n) is 25.0. The van der Waals surface area contributed by atoms with Gasteiger partial charge in [-0.05, 0) is 91.8 Å². The highest BCUT2D eigenvalue weighted by Crippen LogP contribution is 2.66. The van der Waals surface area contributed by atoms with E-state index in [1.165, 1.54) is 89.1 Å². The van der Waals surface area contributed by atoms with Crippen LogP contribution in [0.4, 0.5) is 0 Å². The van der Waals surface area contributed by atoms with Crippen molar-refractivity contribution >= 4 is 11.1 Å². The maximum absolute atomic E-state index is 2.37. The van der Waals surface area contributed by atoms with Crippen molar-refractivity contribution in [3.8, 4) is 22.3 Å². The van der Waals surface area contributed by atoms with Crippen molar-refractivity contribution in [2.75, 3.05) is 0 Å². The summed E-state index contributed by atoms with van der Waals surface area (Å²) >= 11 is 0. The van der Waals surface area contributed by atoms with Crippen LogP contribution in [0.25, 0.3) is 33.4 Å². The first-order valence-corrected chi connectivity index (χ1v) is 15.7. The molecule has 208 valence electrons. The molecule has 1 fully saturated rings. The quantitative estimate of drug-likeness (QED) is 0.197. The lowest BCUT2D eigenvalue weighted by Gasteiger charge is -2.46. The van der Waals surface area contributed by atoms with Gasteiger partial charge in [0, 0.05) is 11.8 Å². The van der Waals surface area contributed by atoms with E-state index >= 15 is 0 Å². The molecule has 0 spiro atoms. The Kier molecular flexibility index (Phi) is 5.56. The summed E-state index contributed by atoms with van der Waals surface area (Å²) in [6.45, 7) is 4.37. The minimum absolute atomic E-state index is 0.231. The van der Waals surface area contributed by atoms with Gasteiger partial charge in [-0.2, -0.15) is 0 Å². The lowest BCUT2D eigenvalue weighted by Crippen LogP contribution is -2.31. The second-order valence-corrected chi connectivity index (χ2v) is 12.5. The van der Waals surface area contributed by atoms with Gasteiger partial charge in [-0.3, -0.25) is 0 Å². The van der Waals surface area contributed by atoms with E-state index in [1.54, 1.807) is 0 Å². The minimum Gasteiger partial charge on any atom is -0.0616 e. The molecular formula is C44H32. The number of allylic oxidation sites excluding steroid dienone is 2. The molecule has 3 aliphatic carbocycles. The van der Waals surface area contributed by atoms with Crippen molar-refractivity contribution in [1.29, 1.82) is 0 Å². The summed E-state index contributed by atoms with van der Waals surface area (Å²) in [5.41, 5.74) is 21.8. The Bertz CT molecular complexity index is 1920. The maximum atomic E-state index is 2.37. The van der Waals surface area contributed by atoms with Crippen LogP contribution < -0.4 is 0 Å². The number of rotatable bonds is 2. The zero-order valence-corrected chi connectivity index (χ0v) is 25.0. The van der Waals surface area contributed by atoms with E-state index in [9.17, 15) is 0 Å². The molecule has 6 aromatic carbocycles. The van der Waals surface area contributed by atoms with Crippen molar-refractivity contribution < 1.29 is 0 Å². The van der Waals surface area contributed by atoms with E-state index in [4.69, 9.17) is 0 Å². The van der Waals surface area contributed by atoms with Gasteiger partial charge in [0.15, 0.2) is 0 Å². The molecule has 44 heavy (non-hydrogen) atoms. The Hall–Kier alpha value is -5.20. The fraction of sp³-hybridized carbons (Fsp3) is 0.0909. The highest BCUT2D eigenvalue weighted by molar-refractivity contribution is 6.09. The van der Waals surface area contributed by atoms with Crippen LogP contribution in [0.2, 0.25) is 0 Å². The van der Waals surface area contributed by atoms with E-state index < -0.39 is 0 Å². The van der Waals surface area contributed by atoms with E-state index in [0.29, 0.717) is 0 Å². The number of benzene rings is 6. The van der Waals surface area contributed by atoms with Gasteiger partial charge in [-0.15, -0.1) is 0 Å². The van der Waals surface area contributed by atoms with Gasteiger partial charge in [-0.25, -0.2) is 0 Å². The lowest BCUT2D eigenvalue weighted by atomic mass is 9.56. The van der Waals surface area contributed by atoms with Crippen LogP contribution in [0.15, 0.2) is 157 Å². The minimum atomic E-state index is 0.231. The van der Waals surface area contributed by atoms with Crippen molar-refractivity contribution in [3.63, 3.8) is 0 Å². The third kappa shape index (κ3) is 3.58. The normalized spacial score (nSPS) is 17.6. The number of fused-ring (bicyclic) bond motifs is 6. The largest absolute Gasteiger partial charge is 0.0616 e. The molecule has 0 bridgehead atoms. The Morgan fingerprint density at radius 2 is 0.545 bits per heavy atom. The van der Waals surface area contributed by atoms with E-state index in [0.717, 1.165) is 0 Å². The van der Waals surface area contributed by atoms with E-state index in [-0.39, 0.29) is 11.8 Å². The van der Waals surface area contributed by atoms with Crippen molar-refractivity contribution in [1.82, 2.24) is 0 Å². The summed E-state index contributed by atoms with van der Waals surface area (Å²) in [5.74, 6) is 0.463. The molecule has 0 amide bonds. The van der Waals surface area contributed by atoms with Gasteiger partial charge in [0.05, 0.1) is 0 Å². The average molecular weight is 561 g/mol. The molecule has 0 aliphatic heterocycles. The fourth-order valence-electron chi connectivity index (χ4n) is 8.03. The molecule has 6 aromatic rings. The highest BCUT2D eigenvalue weighted by Gasteiger charge is 2.49. The molecule has 0 saturated heterocycles. The van der Waals surface area contributed by atoms with E-state index in [2.05, 4.69) is 159 Å². The number of aryl methyl sites for hydroxylation is 2. The SMILES string of the molecule is Cc1ccc([C@H]2C(=C3c4ccccc4-c4ccccc43)C(=C3c4ccccc4-c4ccccc43)[C@H]2c2ccc(C)cc2)cc1. The van der Waals surface area contributed by atoms with Crippen molar-refractivity contribution in [2.24, 2.45) is 0 Å². The Morgan fingerprint density at radius 1 is 0.295 bits per heavy atom. The van der Waals surface area contributed by atoms with Crippen LogP contribution in [0.5, 0.6) is 0 Å². The molecule has 0 nitrogen and oxygen atoms in total. The Morgan fingerprint density at radius 3 is 0.818 bits per heavy atom. The molecule has 0 N–H and O–H groups in total. The summed E-state index contributed by atoms with van der Waals surface area (Å²) in [5, 5.41) is 0. The summed E-state index contributed by atoms with van der Waals surface area (Å²) in [6, 6.07) is 54.7.